The highest BCUT2D eigenvalue weighted by atomic mass is 79.9. The maximum Gasteiger partial charge on any atom is 0.416 e. The third-order valence-electron chi connectivity index (χ3n) is 2.27. The van der Waals surface area contributed by atoms with Crippen molar-refractivity contribution in [3.8, 4) is 0 Å². The first-order valence-electron chi connectivity index (χ1n) is 4.95. The summed E-state index contributed by atoms with van der Waals surface area (Å²) in [6, 6.07) is 2.96. The SMILES string of the molecule is CN(C)C(=O)N(C)c1cc(Br)cc(C(F)(F)F)c1. The Morgan fingerprint density at radius 1 is 1.17 bits per heavy atom. The van der Waals surface area contributed by atoms with E-state index in [2.05, 4.69) is 15.9 Å². The van der Waals surface area contributed by atoms with Crippen LogP contribution in [0.15, 0.2) is 22.7 Å². The average Bonchev–Trinajstić information content (AvgIpc) is 2.24. The van der Waals surface area contributed by atoms with Gasteiger partial charge in [-0.2, -0.15) is 13.2 Å². The summed E-state index contributed by atoms with van der Waals surface area (Å²) in [6.45, 7) is 0. The van der Waals surface area contributed by atoms with Crippen molar-refractivity contribution in [1.82, 2.24) is 4.90 Å². The van der Waals surface area contributed by atoms with Gasteiger partial charge in [-0.1, -0.05) is 15.9 Å². The van der Waals surface area contributed by atoms with Crippen molar-refractivity contribution in [3.63, 3.8) is 0 Å². The number of halogens is 4. The summed E-state index contributed by atoms with van der Waals surface area (Å²) in [4.78, 5) is 14.1. The number of carbonyl (C=O) groups excluding carboxylic acids is 1. The lowest BCUT2D eigenvalue weighted by atomic mass is 10.2. The van der Waals surface area contributed by atoms with Crippen molar-refractivity contribution < 1.29 is 18.0 Å². The number of benzene rings is 1. The molecule has 1 aromatic rings. The molecule has 100 valence electrons. The molecule has 0 fully saturated rings. The Bertz CT molecular complexity index is 460. The molecule has 7 heteroatoms. The van der Waals surface area contributed by atoms with Crippen molar-refractivity contribution in [3.05, 3.63) is 28.2 Å². The van der Waals surface area contributed by atoms with Gasteiger partial charge in [0.25, 0.3) is 0 Å². The number of amides is 2. The molecule has 0 saturated heterocycles. The van der Waals surface area contributed by atoms with Crippen molar-refractivity contribution in [1.29, 1.82) is 0 Å². The first kappa shape index (κ1) is 14.8. The summed E-state index contributed by atoms with van der Waals surface area (Å²) < 4.78 is 38.2. The molecule has 0 bridgehead atoms. The second kappa shape index (κ2) is 5.17. The Morgan fingerprint density at radius 2 is 1.72 bits per heavy atom. The second-order valence-electron chi connectivity index (χ2n) is 3.93. The highest BCUT2D eigenvalue weighted by molar-refractivity contribution is 9.10. The topological polar surface area (TPSA) is 23.6 Å². The fourth-order valence-electron chi connectivity index (χ4n) is 1.34. The molecule has 18 heavy (non-hydrogen) atoms. The molecule has 3 nitrogen and oxygen atoms in total. The molecule has 0 atom stereocenters. The molecule has 0 heterocycles. The number of urea groups is 1. The highest BCUT2D eigenvalue weighted by Gasteiger charge is 2.31. The zero-order chi connectivity index (χ0) is 14.1. The minimum absolute atomic E-state index is 0.176. The summed E-state index contributed by atoms with van der Waals surface area (Å²) in [5, 5.41) is 0. The third-order valence-corrected chi connectivity index (χ3v) is 2.72. The van der Waals surface area contributed by atoms with E-state index in [1.54, 1.807) is 0 Å². The largest absolute Gasteiger partial charge is 0.416 e. The molecule has 1 rings (SSSR count). The van der Waals surface area contributed by atoms with Gasteiger partial charge in [0.05, 0.1) is 5.56 Å². The molecule has 1 aromatic carbocycles. The van der Waals surface area contributed by atoms with Gasteiger partial charge in [0.2, 0.25) is 0 Å². The number of carbonyl (C=O) groups is 1. The molecule has 0 radical (unpaired) electrons. The van der Waals surface area contributed by atoms with E-state index in [0.717, 1.165) is 17.0 Å². The molecule has 0 aromatic heterocycles. The average molecular weight is 325 g/mol. The molecular weight excluding hydrogens is 313 g/mol. The zero-order valence-electron chi connectivity index (χ0n) is 10.0. The Morgan fingerprint density at radius 3 is 2.17 bits per heavy atom. The molecular formula is C11H12BrF3N2O. The third kappa shape index (κ3) is 3.38. The quantitative estimate of drug-likeness (QED) is 0.774. The molecule has 0 saturated carbocycles. The van der Waals surface area contributed by atoms with Crippen LogP contribution in [-0.4, -0.2) is 32.1 Å². The van der Waals surface area contributed by atoms with Gasteiger partial charge in [0, 0.05) is 31.3 Å². The summed E-state index contributed by atoms with van der Waals surface area (Å²) in [5.74, 6) is 0. The zero-order valence-corrected chi connectivity index (χ0v) is 11.6. The normalized spacial score (nSPS) is 11.3. The molecule has 0 aliphatic heterocycles. The van der Waals surface area contributed by atoms with E-state index < -0.39 is 17.8 Å². The number of hydrogen-bond acceptors (Lipinski definition) is 1. The van der Waals surface area contributed by atoms with Gasteiger partial charge in [-0.25, -0.2) is 4.79 Å². The smallest absolute Gasteiger partial charge is 0.330 e. The fourth-order valence-corrected chi connectivity index (χ4v) is 1.82. The van der Waals surface area contributed by atoms with E-state index in [9.17, 15) is 18.0 Å². The highest BCUT2D eigenvalue weighted by Crippen LogP contribution is 2.34. The minimum Gasteiger partial charge on any atom is -0.330 e. The van der Waals surface area contributed by atoms with Crippen LogP contribution in [0, 0.1) is 0 Å². The van der Waals surface area contributed by atoms with Gasteiger partial charge < -0.3 is 4.90 Å². The van der Waals surface area contributed by atoms with E-state index in [-0.39, 0.29) is 10.2 Å². The van der Waals surface area contributed by atoms with Gasteiger partial charge in [0.1, 0.15) is 0 Å². The van der Waals surface area contributed by atoms with E-state index in [1.807, 2.05) is 0 Å². The summed E-state index contributed by atoms with van der Waals surface area (Å²) in [6.07, 6.45) is -4.44. The van der Waals surface area contributed by atoms with Crippen LogP contribution in [0.1, 0.15) is 5.56 Å². The molecule has 0 aliphatic rings. The van der Waals surface area contributed by atoms with Gasteiger partial charge in [0.15, 0.2) is 0 Å². The Labute approximate surface area is 111 Å². The van der Waals surface area contributed by atoms with Crippen LogP contribution in [0.5, 0.6) is 0 Å². The molecule has 0 unspecified atom stereocenters. The predicted octanol–water partition coefficient (Wildman–Crippen LogP) is 3.59. The fraction of sp³-hybridized carbons (Fsp3) is 0.364. The summed E-state index contributed by atoms with van der Waals surface area (Å²) in [7, 11) is 4.48. The van der Waals surface area contributed by atoms with E-state index in [4.69, 9.17) is 0 Å². The monoisotopic (exact) mass is 324 g/mol. The first-order valence-corrected chi connectivity index (χ1v) is 5.75. The maximum atomic E-state index is 12.6. The van der Waals surface area contributed by atoms with Crippen LogP contribution < -0.4 is 4.90 Å². The lowest BCUT2D eigenvalue weighted by Crippen LogP contribution is -2.36. The van der Waals surface area contributed by atoms with Crippen LogP contribution >= 0.6 is 15.9 Å². The van der Waals surface area contributed by atoms with Gasteiger partial charge >= 0.3 is 12.2 Å². The van der Waals surface area contributed by atoms with E-state index in [0.29, 0.717) is 0 Å². The van der Waals surface area contributed by atoms with Crippen LogP contribution in [0.25, 0.3) is 0 Å². The molecule has 0 aliphatic carbocycles. The number of rotatable bonds is 1. The lowest BCUT2D eigenvalue weighted by Gasteiger charge is -2.23. The van der Waals surface area contributed by atoms with Gasteiger partial charge in [-0.15, -0.1) is 0 Å². The molecule has 0 N–H and O–H groups in total. The molecule has 0 spiro atoms. The van der Waals surface area contributed by atoms with Crippen molar-refractivity contribution >= 4 is 27.6 Å². The number of alkyl halides is 3. The van der Waals surface area contributed by atoms with Crippen molar-refractivity contribution in [2.45, 2.75) is 6.18 Å². The van der Waals surface area contributed by atoms with Crippen LogP contribution in [0.2, 0.25) is 0 Å². The van der Waals surface area contributed by atoms with E-state index >= 15 is 0 Å². The standard InChI is InChI=1S/C11H12BrF3N2O/c1-16(2)10(18)17(3)9-5-7(11(13,14)15)4-8(12)6-9/h4-6H,1-3H3. The van der Waals surface area contributed by atoms with Gasteiger partial charge in [-0.3, -0.25) is 4.90 Å². The van der Waals surface area contributed by atoms with Crippen LogP contribution in [0.3, 0.4) is 0 Å². The van der Waals surface area contributed by atoms with Crippen molar-refractivity contribution in [2.75, 3.05) is 26.0 Å². The summed E-state index contributed by atoms with van der Waals surface area (Å²) in [5.41, 5.74) is -0.624. The predicted molar refractivity (Wildman–Crippen MR) is 66.6 cm³/mol. The van der Waals surface area contributed by atoms with Crippen molar-refractivity contribution in [2.24, 2.45) is 0 Å². The maximum absolute atomic E-state index is 12.6. The minimum atomic E-state index is -4.44. The van der Waals surface area contributed by atoms with E-state index in [1.165, 1.54) is 32.1 Å². The number of anilines is 1. The Kier molecular flexibility index (Phi) is 4.26. The first-order chi connectivity index (χ1) is 8.12. The molecule has 2 amide bonds. The van der Waals surface area contributed by atoms with Gasteiger partial charge in [-0.05, 0) is 18.2 Å². The summed E-state index contributed by atoms with van der Waals surface area (Å²) >= 11 is 3.01. The number of nitrogens with zero attached hydrogens (tertiary/aromatic N) is 2. The van der Waals surface area contributed by atoms with Crippen LogP contribution in [0.4, 0.5) is 23.7 Å². The number of hydrogen-bond donors (Lipinski definition) is 0. The van der Waals surface area contributed by atoms with Crippen LogP contribution in [-0.2, 0) is 6.18 Å². The Hall–Kier alpha value is -1.24. The Balaban J connectivity index is 3.18. The second-order valence-corrected chi connectivity index (χ2v) is 4.85. The lowest BCUT2D eigenvalue weighted by molar-refractivity contribution is -0.137.